The number of aliphatic imine (C=N–C) groups is 2. The normalized spacial score (nSPS) is 25.0. The lowest BCUT2D eigenvalue weighted by Gasteiger charge is -2.07. The molecule has 1 rings (SSSR count). The highest BCUT2D eigenvalue weighted by atomic mass is 35.5. The number of rotatable bonds is 0. The summed E-state index contributed by atoms with van der Waals surface area (Å²) in [4.78, 5) is 7.60. The van der Waals surface area contributed by atoms with E-state index in [1.54, 1.807) is 6.08 Å². The summed E-state index contributed by atoms with van der Waals surface area (Å²) in [6.45, 7) is 1.95. The Morgan fingerprint density at radius 1 is 1.33 bits per heavy atom. The third-order valence-electron chi connectivity index (χ3n) is 1.44. The maximum atomic E-state index is 5.80. The zero-order chi connectivity index (χ0) is 9.14. The zero-order valence-electron chi connectivity index (χ0n) is 6.39. The molecule has 0 aromatic rings. The molecule has 0 fully saturated rings. The molecule has 0 saturated carbocycles. The summed E-state index contributed by atoms with van der Waals surface area (Å²) in [5, 5.41) is 0.900. The van der Waals surface area contributed by atoms with Crippen molar-refractivity contribution in [3.8, 4) is 0 Å². The van der Waals surface area contributed by atoms with Crippen LogP contribution in [0.4, 0.5) is 0 Å². The molecule has 0 N–H and O–H groups in total. The average molecular weight is 226 g/mol. The van der Waals surface area contributed by atoms with Crippen LogP contribution in [0, 0.1) is 5.92 Å². The maximum Gasteiger partial charge on any atom is 0.224 e. The summed E-state index contributed by atoms with van der Waals surface area (Å²) in [5.74, 6) is 0.143. The predicted molar refractivity (Wildman–Crippen MR) is 54.3 cm³/mol. The van der Waals surface area contributed by atoms with Gasteiger partial charge >= 0.3 is 0 Å². The fourth-order valence-electron chi connectivity index (χ4n) is 0.728. The second kappa shape index (κ2) is 4.26. The van der Waals surface area contributed by atoms with Crippen molar-refractivity contribution in [2.75, 3.05) is 0 Å². The molecule has 1 heterocycles. The molecule has 0 aliphatic carbocycles. The Hall–Kier alpha value is -0.0500. The van der Waals surface area contributed by atoms with Crippen LogP contribution in [0.2, 0.25) is 0 Å². The minimum atomic E-state index is 0.0767. The molecule has 0 saturated heterocycles. The Balaban J connectivity index is 2.96. The molecule has 1 atom stereocenters. The van der Waals surface area contributed by atoms with Gasteiger partial charge in [0.2, 0.25) is 5.29 Å². The van der Waals surface area contributed by atoms with Gasteiger partial charge in [-0.3, -0.25) is 0 Å². The molecule has 0 aromatic heterocycles. The van der Waals surface area contributed by atoms with Crippen LogP contribution in [0.25, 0.3) is 0 Å². The first-order valence-corrected chi connectivity index (χ1v) is 4.57. The van der Waals surface area contributed by atoms with E-state index in [1.807, 2.05) is 6.92 Å². The molecule has 0 spiro atoms. The molecule has 12 heavy (non-hydrogen) atoms. The van der Waals surface area contributed by atoms with E-state index in [1.165, 1.54) is 0 Å². The van der Waals surface area contributed by atoms with E-state index in [-0.39, 0.29) is 11.2 Å². The lowest BCUT2D eigenvalue weighted by molar-refractivity contribution is 0.798. The first kappa shape index (κ1) is 10.0. The third-order valence-corrected chi connectivity index (χ3v) is 2.31. The molecule has 0 bridgehead atoms. The third kappa shape index (κ3) is 2.77. The Labute approximate surface area is 85.9 Å². The summed E-state index contributed by atoms with van der Waals surface area (Å²) < 4.78 is 0. The molecule has 2 nitrogen and oxygen atoms in total. The van der Waals surface area contributed by atoms with Gasteiger partial charge in [-0.2, -0.15) is 0 Å². The monoisotopic (exact) mass is 224 g/mol. The molecule has 66 valence electrons. The van der Waals surface area contributed by atoms with Crippen molar-refractivity contribution in [1.29, 1.82) is 0 Å². The van der Waals surface area contributed by atoms with E-state index >= 15 is 0 Å². The standard InChI is InChI=1S/C7H7Cl3N2/c1-4-2-3-5(8)11-7(10)12-6(4)9/h3-4H,2H2,1H3. The topological polar surface area (TPSA) is 24.7 Å². The minimum absolute atomic E-state index is 0.0767. The predicted octanol–water partition coefficient (Wildman–Crippen LogP) is 3.34. The van der Waals surface area contributed by atoms with E-state index in [4.69, 9.17) is 34.8 Å². The summed E-state index contributed by atoms with van der Waals surface area (Å²) in [6, 6.07) is 0. The van der Waals surface area contributed by atoms with Crippen molar-refractivity contribution in [2.45, 2.75) is 13.3 Å². The lowest BCUT2D eigenvalue weighted by atomic mass is 10.1. The van der Waals surface area contributed by atoms with Crippen molar-refractivity contribution in [3.63, 3.8) is 0 Å². The van der Waals surface area contributed by atoms with Gasteiger partial charge in [0.25, 0.3) is 0 Å². The van der Waals surface area contributed by atoms with Crippen molar-refractivity contribution in [3.05, 3.63) is 11.2 Å². The van der Waals surface area contributed by atoms with Crippen LogP contribution in [0.15, 0.2) is 21.2 Å². The zero-order valence-corrected chi connectivity index (χ0v) is 8.66. The van der Waals surface area contributed by atoms with Crippen LogP contribution in [-0.4, -0.2) is 10.5 Å². The Kier molecular flexibility index (Phi) is 3.56. The van der Waals surface area contributed by atoms with E-state index in [0.29, 0.717) is 10.3 Å². The van der Waals surface area contributed by atoms with Crippen molar-refractivity contribution < 1.29 is 0 Å². The SMILES string of the molecule is CC1CC=C(Cl)N=C(Cl)N=C1Cl. The van der Waals surface area contributed by atoms with Gasteiger partial charge in [-0.15, -0.1) is 0 Å². The van der Waals surface area contributed by atoms with Crippen LogP contribution in [0.1, 0.15) is 13.3 Å². The quantitative estimate of drug-likeness (QED) is 0.565. The fraction of sp³-hybridized carbons (Fsp3) is 0.429. The van der Waals surface area contributed by atoms with E-state index in [9.17, 15) is 0 Å². The summed E-state index contributed by atoms with van der Waals surface area (Å²) in [6.07, 6.45) is 2.50. The lowest BCUT2D eigenvalue weighted by Crippen LogP contribution is -2.06. The highest BCUT2D eigenvalue weighted by molar-refractivity contribution is 6.72. The summed E-state index contributed by atoms with van der Waals surface area (Å²) in [5.41, 5.74) is 0. The Morgan fingerprint density at radius 3 is 2.67 bits per heavy atom. The number of hydrogen-bond donors (Lipinski definition) is 0. The van der Waals surface area contributed by atoms with Crippen LogP contribution < -0.4 is 0 Å². The summed E-state index contributed by atoms with van der Waals surface area (Å²) >= 11 is 17.1. The van der Waals surface area contributed by atoms with Gasteiger partial charge in [0.05, 0.1) is 0 Å². The molecule has 0 amide bonds. The molecular formula is C7H7Cl3N2. The van der Waals surface area contributed by atoms with Crippen LogP contribution in [-0.2, 0) is 0 Å². The van der Waals surface area contributed by atoms with Gasteiger partial charge in [-0.1, -0.05) is 30.1 Å². The van der Waals surface area contributed by atoms with Crippen LogP contribution in [0.3, 0.4) is 0 Å². The van der Waals surface area contributed by atoms with E-state index in [0.717, 1.165) is 6.42 Å². The number of allylic oxidation sites excluding steroid dienone is 1. The molecule has 0 aromatic carbocycles. The molecule has 1 aliphatic heterocycles. The second-order valence-electron chi connectivity index (χ2n) is 2.48. The van der Waals surface area contributed by atoms with Crippen LogP contribution >= 0.6 is 34.8 Å². The van der Waals surface area contributed by atoms with Crippen LogP contribution in [0.5, 0.6) is 0 Å². The first-order chi connectivity index (χ1) is 5.59. The van der Waals surface area contributed by atoms with Crippen molar-refractivity contribution in [2.24, 2.45) is 15.9 Å². The Morgan fingerprint density at radius 2 is 2.00 bits per heavy atom. The minimum Gasteiger partial charge on any atom is -0.210 e. The largest absolute Gasteiger partial charge is 0.224 e. The molecular weight excluding hydrogens is 218 g/mol. The van der Waals surface area contributed by atoms with E-state index in [2.05, 4.69) is 9.98 Å². The second-order valence-corrected chi connectivity index (χ2v) is 3.59. The number of amidine groups is 1. The number of hydrogen-bond acceptors (Lipinski definition) is 2. The van der Waals surface area contributed by atoms with Gasteiger partial charge in [-0.25, -0.2) is 9.98 Å². The summed E-state index contributed by atoms with van der Waals surface area (Å²) in [7, 11) is 0. The molecule has 5 heteroatoms. The van der Waals surface area contributed by atoms with Crippen molar-refractivity contribution >= 4 is 45.3 Å². The number of nitrogens with zero attached hydrogens (tertiary/aromatic N) is 2. The fourth-order valence-corrected chi connectivity index (χ4v) is 1.34. The highest BCUT2D eigenvalue weighted by Crippen LogP contribution is 2.17. The van der Waals surface area contributed by atoms with Gasteiger partial charge in [0.15, 0.2) is 0 Å². The molecule has 1 aliphatic rings. The first-order valence-electron chi connectivity index (χ1n) is 3.43. The Bertz CT molecular complexity index is 268. The van der Waals surface area contributed by atoms with Crippen molar-refractivity contribution in [1.82, 2.24) is 0 Å². The van der Waals surface area contributed by atoms with Gasteiger partial charge in [0.1, 0.15) is 10.3 Å². The average Bonchev–Trinajstić information content (AvgIpc) is 1.98. The molecule has 0 radical (unpaired) electrons. The smallest absolute Gasteiger partial charge is 0.210 e. The maximum absolute atomic E-state index is 5.80. The number of halogens is 3. The van der Waals surface area contributed by atoms with Gasteiger partial charge < -0.3 is 0 Å². The van der Waals surface area contributed by atoms with E-state index < -0.39 is 0 Å². The highest BCUT2D eigenvalue weighted by Gasteiger charge is 2.10. The van der Waals surface area contributed by atoms with Gasteiger partial charge in [0, 0.05) is 5.92 Å². The molecule has 1 unspecified atom stereocenters. The van der Waals surface area contributed by atoms with Gasteiger partial charge in [-0.05, 0) is 24.1 Å².